The largest absolute Gasteiger partial charge is 0.387 e. The number of aliphatic hydroxyl groups is 1. The Kier molecular flexibility index (Phi) is 1.10. The molecule has 2 heteroatoms. The van der Waals surface area contributed by atoms with Crippen molar-refractivity contribution in [2.75, 3.05) is 13.6 Å². The fraction of sp³-hybridized carbons (Fsp3) is 1.00. The van der Waals surface area contributed by atoms with E-state index < -0.39 is 5.60 Å². The van der Waals surface area contributed by atoms with Crippen molar-refractivity contribution in [1.29, 1.82) is 0 Å². The Morgan fingerprint density at radius 2 is 2.25 bits per heavy atom. The fourth-order valence-corrected chi connectivity index (χ4v) is 1.14. The van der Waals surface area contributed by atoms with Crippen LogP contribution in [0.4, 0.5) is 0 Å². The Morgan fingerprint density at radius 1 is 1.75 bits per heavy atom. The second kappa shape index (κ2) is 1.45. The molecule has 0 aromatic carbocycles. The monoisotopic (exact) mass is 115 g/mol. The average molecular weight is 115 g/mol. The molecular formula is C6H13NO. The maximum atomic E-state index is 9.31. The van der Waals surface area contributed by atoms with Crippen LogP contribution in [-0.2, 0) is 0 Å². The van der Waals surface area contributed by atoms with E-state index in [1.165, 1.54) is 0 Å². The summed E-state index contributed by atoms with van der Waals surface area (Å²) >= 11 is 0. The lowest BCUT2D eigenvalue weighted by molar-refractivity contribution is -0.119. The smallest absolute Gasteiger partial charge is 0.0897 e. The number of β-amino-alcohol motifs (C(OH)–C–C–N with tert-alkyl or cyclic N) is 1. The molecule has 1 N–H and O–H groups in total. The SMILES string of the molecule is CC1N(C)CC1(C)O. The standard InChI is InChI=1S/C6H13NO/c1-5-6(2,8)4-7(5)3/h5,8H,4H2,1-3H3. The van der Waals surface area contributed by atoms with Crippen LogP contribution < -0.4 is 0 Å². The third-order valence-corrected chi connectivity index (χ3v) is 2.13. The molecule has 0 spiro atoms. The average Bonchev–Trinajstić information content (AvgIpc) is 1.65. The number of rotatable bonds is 0. The normalized spacial score (nSPS) is 48.8. The van der Waals surface area contributed by atoms with E-state index in [-0.39, 0.29) is 0 Å². The number of hydrogen-bond acceptors (Lipinski definition) is 2. The summed E-state index contributed by atoms with van der Waals surface area (Å²) in [5, 5.41) is 9.31. The molecular weight excluding hydrogens is 102 g/mol. The molecule has 48 valence electrons. The predicted octanol–water partition coefficient (Wildman–Crippen LogP) is 0.0713. The lowest BCUT2D eigenvalue weighted by Crippen LogP contribution is -2.64. The van der Waals surface area contributed by atoms with E-state index in [4.69, 9.17) is 0 Å². The van der Waals surface area contributed by atoms with E-state index in [1.807, 2.05) is 20.9 Å². The Labute approximate surface area is 50.1 Å². The number of hydrogen-bond donors (Lipinski definition) is 1. The Bertz CT molecular complexity index is 101. The van der Waals surface area contributed by atoms with E-state index in [1.54, 1.807) is 0 Å². The van der Waals surface area contributed by atoms with Gasteiger partial charge in [0.05, 0.1) is 5.60 Å². The van der Waals surface area contributed by atoms with Gasteiger partial charge in [-0.05, 0) is 20.9 Å². The van der Waals surface area contributed by atoms with Gasteiger partial charge in [0.15, 0.2) is 0 Å². The van der Waals surface area contributed by atoms with Gasteiger partial charge in [-0.2, -0.15) is 0 Å². The van der Waals surface area contributed by atoms with Gasteiger partial charge in [0.1, 0.15) is 0 Å². The van der Waals surface area contributed by atoms with Gasteiger partial charge >= 0.3 is 0 Å². The molecule has 2 unspecified atom stereocenters. The fourth-order valence-electron chi connectivity index (χ4n) is 1.14. The van der Waals surface area contributed by atoms with Crippen molar-refractivity contribution in [1.82, 2.24) is 4.90 Å². The summed E-state index contributed by atoms with van der Waals surface area (Å²) in [4.78, 5) is 2.12. The van der Waals surface area contributed by atoms with E-state index in [0.717, 1.165) is 6.54 Å². The lowest BCUT2D eigenvalue weighted by Gasteiger charge is -2.49. The molecule has 0 radical (unpaired) electrons. The molecule has 1 aliphatic heterocycles. The van der Waals surface area contributed by atoms with Crippen molar-refractivity contribution in [3.63, 3.8) is 0 Å². The van der Waals surface area contributed by atoms with Crippen LogP contribution in [0.2, 0.25) is 0 Å². The lowest BCUT2D eigenvalue weighted by atomic mass is 9.88. The van der Waals surface area contributed by atoms with Gasteiger partial charge in [-0.1, -0.05) is 0 Å². The summed E-state index contributed by atoms with van der Waals surface area (Å²) in [5.41, 5.74) is -0.422. The molecule has 2 atom stereocenters. The quantitative estimate of drug-likeness (QED) is 0.483. The maximum Gasteiger partial charge on any atom is 0.0897 e. The third kappa shape index (κ3) is 0.644. The van der Waals surface area contributed by atoms with Crippen LogP contribution in [-0.4, -0.2) is 35.2 Å². The zero-order valence-electron chi connectivity index (χ0n) is 5.68. The van der Waals surface area contributed by atoms with Crippen molar-refractivity contribution < 1.29 is 5.11 Å². The van der Waals surface area contributed by atoms with Crippen LogP contribution in [0.15, 0.2) is 0 Å². The van der Waals surface area contributed by atoms with Crippen molar-refractivity contribution in [2.45, 2.75) is 25.5 Å². The molecule has 2 nitrogen and oxygen atoms in total. The molecule has 0 bridgehead atoms. The first-order chi connectivity index (χ1) is 3.54. The van der Waals surface area contributed by atoms with Gasteiger partial charge in [0.2, 0.25) is 0 Å². The summed E-state index contributed by atoms with van der Waals surface area (Å²) in [6, 6.07) is 0.336. The van der Waals surface area contributed by atoms with Crippen LogP contribution in [0.25, 0.3) is 0 Å². The highest BCUT2D eigenvalue weighted by molar-refractivity contribution is 4.97. The van der Waals surface area contributed by atoms with Crippen molar-refractivity contribution in [2.24, 2.45) is 0 Å². The van der Waals surface area contributed by atoms with E-state index in [0.29, 0.717) is 6.04 Å². The minimum absolute atomic E-state index is 0.336. The topological polar surface area (TPSA) is 23.5 Å². The van der Waals surface area contributed by atoms with Crippen LogP contribution >= 0.6 is 0 Å². The van der Waals surface area contributed by atoms with Crippen LogP contribution in [0.5, 0.6) is 0 Å². The van der Waals surface area contributed by atoms with Crippen LogP contribution in [0.3, 0.4) is 0 Å². The van der Waals surface area contributed by atoms with Crippen LogP contribution in [0.1, 0.15) is 13.8 Å². The molecule has 0 aliphatic carbocycles. The Balaban J connectivity index is 2.47. The second-order valence-electron chi connectivity index (χ2n) is 2.95. The summed E-state index contributed by atoms with van der Waals surface area (Å²) in [7, 11) is 2.02. The molecule has 0 aromatic heterocycles. The zero-order valence-corrected chi connectivity index (χ0v) is 5.68. The van der Waals surface area contributed by atoms with Gasteiger partial charge in [-0.15, -0.1) is 0 Å². The summed E-state index contributed by atoms with van der Waals surface area (Å²) in [5.74, 6) is 0. The molecule has 1 aliphatic rings. The number of likely N-dealkylation sites (N-methyl/N-ethyl adjacent to an activating group) is 1. The van der Waals surface area contributed by atoms with Gasteiger partial charge in [0.25, 0.3) is 0 Å². The number of likely N-dealkylation sites (tertiary alicyclic amines) is 1. The molecule has 1 rings (SSSR count). The number of nitrogens with zero attached hydrogens (tertiary/aromatic N) is 1. The van der Waals surface area contributed by atoms with Crippen molar-refractivity contribution in [3.05, 3.63) is 0 Å². The molecule has 0 saturated carbocycles. The molecule has 1 saturated heterocycles. The van der Waals surface area contributed by atoms with Gasteiger partial charge in [0, 0.05) is 12.6 Å². The Morgan fingerprint density at radius 3 is 2.25 bits per heavy atom. The predicted molar refractivity (Wildman–Crippen MR) is 32.7 cm³/mol. The second-order valence-corrected chi connectivity index (χ2v) is 2.95. The van der Waals surface area contributed by atoms with Gasteiger partial charge < -0.3 is 5.11 Å². The van der Waals surface area contributed by atoms with Crippen molar-refractivity contribution >= 4 is 0 Å². The third-order valence-electron chi connectivity index (χ3n) is 2.13. The highest BCUT2D eigenvalue weighted by Gasteiger charge is 2.42. The summed E-state index contributed by atoms with van der Waals surface area (Å²) in [6.45, 7) is 4.72. The first-order valence-electron chi connectivity index (χ1n) is 2.96. The van der Waals surface area contributed by atoms with E-state index >= 15 is 0 Å². The summed E-state index contributed by atoms with van der Waals surface area (Å²) < 4.78 is 0. The first kappa shape index (κ1) is 6.05. The van der Waals surface area contributed by atoms with Gasteiger partial charge in [-0.25, -0.2) is 0 Å². The molecule has 1 heterocycles. The molecule has 1 fully saturated rings. The van der Waals surface area contributed by atoms with E-state index in [9.17, 15) is 5.11 Å². The van der Waals surface area contributed by atoms with Gasteiger partial charge in [-0.3, -0.25) is 4.90 Å². The molecule has 0 aromatic rings. The summed E-state index contributed by atoms with van der Waals surface area (Å²) in [6.07, 6.45) is 0. The van der Waals surface area contributed by atoms with Crippen LogP contribution in [0, 0.1) is 0 Å². The van der Waals surface area contributed by atoms with E-state index in [2.05, 4.69) is 4.90 Å². The van der Waals surface area contributed by atoms with Crippen molar-refractivity contribution in [3.8, 4) is 0 Å². The minimum atomic E-state index is -0.422. The maximum absolute atomic E-state index is 9.31. The zero-order chi connectivity index (χ0) is 6.36. The first-order valence-corrected chi connectivity index (χ1v) is 2.96. The molecule has 0 amide bonds. The molecule has 8 heavy (non-hydrogen) atoms. The highest BCUT2D eigenvalue weighted by Crippen LogP contribution is 2.25. The highest BCUT2D eigenvalue weighted by atomic mass is 16.3. The minimum Gasteiger partial charge on any atom is -0.387 e. The Hall–Kier alpha value is -0.0800.